The third-order valence-corrected chi connectivity index (χ3v) is 3.95. The number of likely N-dealkylation sites (tertiary alicyclic amines) is 1. The molecule has 0 saturated carbocycles. The number of hydrogen-bond donors (Lipinski definition) is 1. The van der Waals surface area contributed by atoms with Gasteiger partial charge in [0.05, 0.1) is 0 Å². The highest BCUT2D eigenvalue weighted by Gasteiger charge is 2.24. The first-order chi connectivity index (χ1) is 9.60. The van der Waals surface area contributed by atoms with Crippen molar-refractivity contribution < 1.29 is 4.79 Å². The molecule has 1 amide bonds. The molecule has 20 heavy (non-hydrogen) atoms. The van der Waals surface area contributed by atoms with Gasteiger partial charge in [-0.1, -0.05) is 23.7 Å². The summed E-state index contributed by atoms with van der Waals surface area (Å²) in [7, 11) is 1.95. The molecular formula is C16H21ClN2O. The van der Waals surface area contributed by atoms with Crippen LogP contribution in [0.4, 0.5) is 0 Å². The smallest absolute Gasteiger partial charge is 0.246 e. The van der Waals surface area contributed by atoms with E-state index in [2.05, 4.69) is 5.32 Å². The van der Waals surface area contributed by atoms with E-state index in [0.717, 1.165) is 37.2 Å². The third kappa shape index (κ3) is 3.84. The summed E-state index contributed by atoms with van der Waals surface area (Å²) in [6, 6.07) is 7.59. The van der Waals surface area contributed by atoms with Crippen molar-refractivity contribution in [2.75, 3.05) is 26.7 Å². The summed E-state index contributed by atoms with van der Waals surface area (Å²) in [4.78, 5) is 14.2. The SMILES string of the molecule is CNCC1CCN(C(=O)/C=C(\C)c2cccc(Cl)c2)C1. The van der Waals surface area contributed by atoms with Crippen LogP contribution in [0.15, 0.2) is 30.3 Å². The quantitative estimate of drug-likeness (QED) is 0.866. The normalized spacial score (nSPS) is 19.4. The van der Waals surface area contributed by atoms with Gasteiger partial charge in [-0.3, -0.25) is 4.79 Å². The minimum Gasteiger partial charge on any atom is -0.339 e. The molecule has 1 aromatic carbocycles. The molecule has 1 heterocycles. The van der Waals surface area contributed by atoms with Gasteiger partial charge in [-0.25, -0.2) is 0 Å². The molecule has 0 radical (unpaired) electrons. The van der Waals surface area contributed by atoms with Crippen LogP contribution >= 0.6 is 11.6 Å². The van der Waals surface area contributed by atoms with Crippen molar-refractivity contribution in [2.45, 2.75) is 13.3 Å². The minimum absolute atomic E-state index is 0.0982. The first-order valence-electron chi connectivity index (χ1n) is 6.98. The molecule has 1 saturated heterocycles. The Hall–Kier alpha value is -1.32. The summed E-state index contributed by atoms with van der Waals surface area (Å²) in [6.45, 7) is 4.62. The van der Waals surface area contributed by atoms with Gasteiger partial charge in [0.2, 0.25) is 5.91 Å². The Kier molecular flexibility index (Phi) is 5.21. The van der Waals surface area contributed by atoms with Crippen molar-refractivity contribution in [3.63, 3.8) is 0 Å². The van der Waals surface area contributed by atoms with Gasteiger partial charge in [-0.15, -0.1) is 0 Å². The summed E-state index contributed by atoms with van der Waals surface area (Å²) in [5.41, 5.74) is 1.95. The summed E-state index contributed by atoms with van der Waals surface area (Å²) in [5, 5.41) is 3.87. The highest BCUT2D eigenvalue weighted by atomic mass is 35.5. The number of nitrogens with one attached hydrogen (secondary N) is 1. The van der Waals surface area contributed by atoms with E-state index in [0.29, 0.717) is 10.9 Å². The van der Waals surface area contributed by atoms with E-state index in [1.807, 2.05) is 43.1 Å². The largest absolute Gasteiger partial charge is 0.339 e. The molecule has 1 aliphatic rings. The Balaban J connectivity index is 2.01. The van der Waals surface area contributed by atoms with Crippen LogP contribution in [0.2, 0.25) is 5.02 Å². The maximum absolute atomic E-state index is 12.3. The number of carbonyl (C=O) groups excluding carboxylic acids is 1. The maximum Gasteiger partial charge on any atom is 0.246 e. The van der Waals surface area contributed by atoms with Gasteiger partial charge in [-0.05, 0) is 56.1 Å². The number of nitrogens with zero attached hydrogens (tertiary/aromatic N) is 1. The van der Waals surface area contributed by atoms with Crippen LogP contribution < -0.4 is 5.32 Å². The molecule has 0 bridgehead atoms. The Labute approximate surface area is 125 Å². The van der Waals surface area contributed by atoms with Gasteiger partial charge in [-0.2, -0.15) is 0 Å². The van der Waals surface area contributed by atoms with Crippen LogP contribution in [0, 0.1) is 5.92 Å². The molecule has 1 aromatic rings. The van der Waals surface area contributed by atoms with E-state index in [4.69, 9.17) is 11.6 Å². The number of rotatable bonds is 4. The number of benzene rings is 1. The molecule has 1 aliphatic heterocycles. The van der Waals surface area contributed by atoms with Crippen molar-refractivity contribution in [2.24, 2.45) is 5.92 Å². The number of allylic oxidation sites excluding steroid dienone is 1. The van der Waals surface area contributed by atoms with Gasteiger partial charge >= 0.3 is 0 Å². The van der Waals surface area contributed by atoms with Crippen molar-refractivity contribution in [1.82, 2.24) is 10.2 Å². The average molecular weight is 293 g/mol. The average Bonchev–Trinajstić information content (AvgIpc) is 2.88. The lowest BCUT2D eigenvalue weighted by Crippen LogP contribution is -2.29. The van der Waals surface area contributed by atoms with Crippen molar-refractivity contribution >= 4 is 23.1 Å². The fourth-order valence-corrected chi connectivity index (χ4v) is 2.77. The van der Waals surface area contributed by atoms with Crippen LogP contribution in [-0.4, -0.2) is 37.5 Å². The number of hydrogen-bond acceptors (Lipinski definition) is 2. The molecule has 2 rings (SSSR count). The fraction of sp³-hybridized carbons (Fsp3) is 0.438. The van der Waals surface area contributed by atoms with Gasteiger partial charge in [0.15, 0.2) is 0 Å². The van der Waals surface area contributed by atoms with Gasteiger partial charge in [0.1, 0.15) is 0 Å². The van der Waals surface area contributed by atoms with Crippen LogP contribution in [-0.2, 0) is 4.79 Å². The van der Waals surface area contributed by atoms with Gasteiger partial charge in [0, 0.05) is 24.2 Å². The predicted octanol–water partition coefficient (Wildman–Crippen LogP) is 2.81. The standard InChI is InChI=1S/C16H21ClN2O/c1-12(14-4-3-5-15(17)9-14)8-16(20)19-7-6-13(11-19)10-18-2/h3-5,8-9,13,18H,6-7,10-11H2,1-2H3/b12-8+. The van der Waals surface area contributed by atoms with E-state index < -0.39 is 0 Å². The second kappa shape index (κ2) is 6.91. The highest BCUT2D eigenvalue weighted by molar-refractivity contribution is 6.30. The molecule has 1 atom stereocenters. The third-order valence-electron chi connectivity index (χ3n) is 3.71. The van der Waals surface area contributed by atoms with Crippen molar-refractivity contribution in [3.05, 3.63) is 40.9 Å². The topological polar surface area (TPSA) is 32.3 Å². The van der Waals surface area contributed by atoms with E-state index in [-0.39, 0.29) is 5.91 Å². The minimum atomic E-state index is 0.0982. The summed E-state index contributed by atoms with van der Waals surface area (Å²) >= 11 is 5.98. The van der Waals surface area contributed by atoms with Crippen LogP contribution in [0.1, 0.15) is 18.9 Å². The predicted molar refractivity (Wildman–Crippen MR) is 83.7 cm³/mol. The Morgan fingerprint density at radius 3 is 3.05 bits per heavy atom. The zero-order valence-electron chi connectivity index (χ0n) is 12.0. The molecule has 0 aromatic heterocycles. The van der Waals surface area contributed by atoms with E-state index in [1.54, 1.807) is 6.08 Å². The molecular weight excluding hydrogens is 272 g/mol. The van der Waals surface area contributed by atoms with Crippen molar-refractivity contribution in [1.29, 1.82) is 0 Å². The monoisotopic (exact) mass is 292 g/mol. The molecule has 1 N–H and O–H groups in total. The summed E-state index contributed by atoms with van der Waals surface area (Å²) in [6.07, 6.45) is 2.80. The first-order valence-corrected chi connectivity index (χ1v) is 7.35. The van der Waals surface area contributed by atoms with Crippen molar-refractivity contribution in [3.8, 4) is 0 Å². The zero-order chi connectivity index (χ0) is 14.5. The van der Waals surface area contributed by atoms with Crippen LogP contribution in [0.25, 0.3) is 5.57 Å². The molecule has 3 nitrogen and oxygen atoms in total. The Morgan fingerprint density at radius 2 is 2.35 bits per heavy atom. The lowest BCUT2D eigenvalue weighted by Gasteiger charge is -2.15. The fourth-order valence-electron chi connectivity index (χ4n) is 2.58. The van der Waals surface area contributed by atoms with Gasteiger partial charge < -0.3 is 10.2 Å². The van der Waals surface area contributed by atoms with Crippen LogP contribution in [0.3, 0.4) is 0 Å². The lowest BCUT2D eigenvalue weighted by atomic mass is 10.1. The molecule has 4 heteroatoms. The Morgan fingerprint density at radius 1 is 1.55 bits per heavy atom. The molecule has 0 aliphatic carbocycles. The number of carbonyl (C=O) groups is 1. The summed E-state index contributed by atoms with van der Waals surface area (Å²) in [5.74, 6) is 0.671. The summed E-state index contributed by atoms with van der Waals surface area (Å²) < 4.78 is 0. The molecule has 1 fully saturated rings. The molecule has 108 valence electrons. The van der Waals surface area contributed by atoms with Crippen LogP contribution in [0.5, 0.6) is 0 Å². The highest BCUT2D eigenvalue weighted by Crippen LogP contribution is 2.20. The van der Waals surface area contributed by atoms with Gasteiger partial charge in [0.25, 0.3) is 0 Å². The zero-order valence-corrected chi connectivity index (χ0v) is 12.8. The van der Waals surface area contributed by atoms with E-state index in [1.165, 1.54) is 0 Å². The van der Waals surface area contributed by atoms with E-state index in [9.17, 15) is 4.79 Å². The molecule has 1 unspecified atom stereocenters. The number of halogens is 1. The first kappa shape index (κ1) is 15.1. The lowest BCUT2D eigenvalue weighted by molar-refractivity contribution is -0.125. The second-order valence-electron chi connectivity index (χ2n) is 5.33. The Bertz CT molecular complexity index is 513. The maximum atomic E-state index is 12.3. The molecule has 0 spiro atoms. The van der Waals surface area contributed by atoms with E-state index >= 15 is 0 Å². The number of amides is 1. The second-order valence-corrected chi connectivity index (χ2v) is 5.77.